The minimum Gasteiger partial charge on any atom is -0.497 e. The smallest absolute Gasteiger partial charge is 0.315 e. The van der Waals surface area contributed by atoms with E-state index in [1.54, 1.807) is 20.3 Å². The monoisotopic (exact) mass is 314 g/mol. The first-order chi connectivity index (χ1) is 11.1. The topological polar surface area (TPSA) is 59.6 Å². The molecule has 122 valence electrons. The molecule has 2 aromatic carbocycles. The van der Waals surface area contributed by atoms with Crippen molar-refractivity contribution in [2.24, 2.45) is 0 Å². The molecule has 2 amide bonds. The van der Waals surface area contributed by atoms with Crippen molar-refractivity contribution in [1.29, 1.82) is 0 Å². The highest BCUT2D eigenvalue weighted by atomic mass is 16.5. The number of amides is 2. The van der Waals surface area contributed by atoms with Crippen LogP contribution in [-0.4, -0.2) is 20.3 Å². The molecule has 23 heavy (non-hydrogen) atoms. The Labute approximate surface area is 136 Å². The first-order valence-electron chi connectivity index (χ1n) is 7.40. The number of rotatable bonds is 6. The summed E-state index contributed by atoms with van der Waals surface area (Å²) in [5.41, 5.74) is 3.17. The molecule has 0 aliphatic heterocycles. The van der Waals surface area contributed by atoms with Gasteiger partial charge in [0.15, 0.2) is 0 Å². The summed E-state index contributed by atoms with van der Waals surface area (Å²) in [6, 6.07) is 13.4. The second-order valence-corrected chi connectivity index (χ2v) is 5.24. The van der Waals surface area contributed by atoms with E-state index in [1.165, 1.54) is 5.56 Å². The third-order valence-corrected chi connectivity index (χ3v) is 3.44. The van der Waals surface area contributed by atoms with Gasteiger partial charge in [0.05, 0.1) is 14.2 Å². The molecule has 0 heterocycles. The lowest BCUT2D eigenvalue weighted by molar-refractivity contribution is 0.240. The first kappa shape index (κ1) is 16.7. The molecule has 2 rings (SSSR count). The van der Waals surface area contributed by atoms with Gasteiger partial charge < -0.3 is 20.1 Å². The molecular formula is C18H22N2O3. The van der Waals surface area contributed by atoms with Crippen LogP contribution in [0.5, 0.6) is 11.5 Å². The minimum atomic E-state index is -0.215. The Morgan fingerprint density at radius 2 is 1.39 bits per heavy atom. The van der Waals surface area contributed by atoms with Crippen molar-refractivity contribution in [2.75, 3.05) is 14.2 Å². The number of hydrogen-bond donors (Lipinski definition) is 2. The van der Waals surface area contributed by atoms with Crippen LogP contribution in [0, 0.1) is 6.92 Å². The van der Waals surface area contributed by atoms with Gasteiger partial charge in [0.1, 0.15) is 11.5 Å². The van der Waals surface area contributed by atoms with Crippen LogP contribution in [0.4, 0.5) is 4.79 Å². The highest BCUT2D eigenvalue weighted by molar-refractivity contribution is 5.73. The summed E-state index contributed by atoms with van der Waals surface area (Å²) < 4.78 is 10.4. The molecular weight excluding hydrogens is 292 g/mol. The van der Waals surface area contributed by atoms with Crippen molar-refractivity contribution < 1.29 is 14.3 Å². The third kappa shape index (κ3) is 5.21. The molecule has 0 aliphatic rings. The van der Waals surface area contributed by atoms with Gasteiger partial charge in [-0.3, -0.25) is 0 Å². The van der Waals surface area contributed by atoms with Gasteiger partial charge in [0, 0.05) is 19.2 Å². The van der Waals surface area contributed by atoms with Crippen molar-refractivity contribution in [1.82, 2.24) is 10.6 Å². The van der Waals surface area contributed by atoms with Crippen molar-refractivity contribution >= 4 is 6.03 Å². The van der Waals surface area contributed by atoms with Gasteiger partial charge in [-0.25, -0.2) is 4.79 Å². The molecule has 0 spiro atoms. The van der Waals surface area contributed by atoms with Crippen LogP contribution in [0.15, 0.2) is 42.5 Å². The van der Waals surface area contributed by atoms with Crippen LogP contribution >= 0.6 is 0 Å². The lowest BCUT2D eigenvalue weighted by atomic mass is 10.1. The Balaban J connectivity index is 1.85. The summed E-state index contributed by atoms with van der Waals surface area (Å²) in [5.74, 6) is 1.39. The molecule has 5 nitrogen and oxygen atoms in total. The fourth-order valence-electron chi connectivity index (χ4n) is 2.10. The zero-order valence-corrected chi connectivity index (χ0v) is 13.7. The van der Waals surface area contributed by atoms with Crippen molar-refractivity contribution in [3.8, 4) is 11.5 Å². The average Bonchev–Trinajstić information content (AvgIpc) is 2.59. The van der Waals surface area contributed by atoms with Crippen molar-refractivity contribution in [3.63, 3.8) is 0 Å². The molecule has 0 radical (unpaired) electrons. The number of urea groups is 1. The number of ether oxygens (including phenoxy) is 2. The molecule has 0 atom stereocenters. The van der Waals surface area contributed by atoms with E-state index in [0.717, 1.165) is 11.1 Å². The summed E-state index contributed by atoms with van der Waals surface area (Å²) in [6.07, 6.45) is 0. The van der Waals surface area contributed by atoms with Crippen molar-refractivity contribution in [2.45, 2.75) is 20.0 Å². The van der Waals surface area contributed by atoms with Crippen molar-refractivity contribution in [3.05, 3.63) is 59.2 Å². The quantitative estimate of drug-likeness (QED) is 0.861. The normalized spacial score (nSPS) is 10.0. The molecule has 0 saturated heterocycles. The average molecular weight is 314 g/mol. The minimum absolute atomic E-state index is 0.215. The number of hydrogen-bond acceptors (Lipinski definition) is 3. The number of benzene rings is 2. The maximum Gasteiger partial charge on any atom is 0.315 e. The second-order valence-electron chi connectivity index (χ2n) is 5.24. The van der Waals surface area contributed by atoms with E-state index < -0.39 is 0 Å². The fraction of sp³-hybridized carbons (Fsp3) is 0.278. The lowest BCUT2D eigenvalue weighted by Crippen LogP contribution is -2.34. The molecule has 0 aromatic heterocycles. The Bertz CT molecular complexity index is 632. The van der Waals surface area contributed by atoms with Gasteiger partial charge in [0.2, 0.25) is 0 Å². The zero-order valence-electron chi connectivity index (χ0n) is 13.7. The van der Waals surface area contributed by atoms with Gasteiger partial charge in [0.25, 0.3) is 0 Å². The number of carbonyl (C=O) groups is 1. The van der Waals surface area contributed by atoms with Crippen LogP contribution in [0.25, 0.3) is 0 Å². The molecule has 0 bridgehead atoms. The number of carbonyl (C=O) groups excluding carboxylic acids is 1. The standard InChI is InChI=1S/C18H22N2O3/c1-13-4-6-14(7-5-13)11-19-18(21)20-12-15-8-16(22-2)10-17(9-15)23-3/h4-10H,11-12H2,1-3H3,(H2,19,20,21). The number of methoxy groups -OCH3 is 2. The number of nitrogens with one attached hydrogen (secondary N) is 2. The van der Waals surface area contributed by atoms with E-state index in [1.807, 2.05) is 43.3 Å². The second kappa shape index (κ2) is 8.08. The molecule has 0 saturated carbocycles. The largest absolute Gasteiger partial charge is 0.497 e. The molecule has 5 heteroatoms. The predicted molar refractivity (Wildman–Crippen MR) is 89.8 cm³/mol. The fourth-order valence-corrected chi connectivity index (χ4v) is 2.10. The zero-order chi connectivity index (χ0) is 16.7. The van der Waals surface area contributed by atoms with Gasteiger partial charge in [-0.05, 0) is 30.2 Å². The molecule has 0 unspecified atom stereocenters. The molecule has 2 N–H and O–H groups in total. The Kier molecular flexibility index (Phi) is 5.86. The molecule has 2 aromatic rings. The summed E-state index contributed by atoms with van der Waals surface area (Å²) >= 11 is 0. The van der Waals surface area contributed by atoms with E-state index in [9.17, 15) is 4.79 Å². The lowest BCUT2D eigenvalue weighted by Gasteiger charge is -2.10. The van der Waals surface area contributed by atoms with Gasteiger partial charge in [-0.2, -0.15) is 0 Å². The Morgan fingerprint density at radius 3 is 1.91 bits per heavy atom. The van der Waals surface area contributed by atoms with E-state index in [4.69, 9.17) is 9.47 Å². The van der Waals surface area contributed by atoms with Gasteiger partial charge in [-0.1, -0.05) is 29.8 Å². The summed E-state index contributed by atoms with van der Waals surface area (Å²) in [4.78, 5) is 11.9. The summed E-state index contributed by atoms with van der Waals surface area (Å²) in [5, 5.41) is 5.66. The van der Waals surface area contributed by atoms with E-state index >= 15 is 0 Å². The molecule has 0 aliphatic carbocycles. The highest BCUT2D eigenvalue weighted by Crippen LogP contribution is 2.22. The summed E-state index contributed by atoms with van der Waals surface area (Å²) in [6.45, 7) is 2.92. The van der Waals surface area contributed by atoms with Crippen LogP contribution in [-0.2, 0) is 13.1 Å². The predicted octanol–water partition coefficient (Wildman–Crippen LogP) is 3.01. The van der Waals surface area contributed by atoms with Gasteiger partial charge >= 0.3 is 6.03 Å². The number of aryl methyl sites for hydroxylation is 1. The maximum atomic E-state index is 11.9. The first-order valence-corrected chi connectivity index (χ1v) is 7.40. The summed E-state index contributed by atoms with van der Waals surface area (Å²) in [7, 11) is 3.19. The van der Waals surface area contributed by atoms with E-state index in [2.05, 4.69) is 10.6 Å². The van der Waals surface area contributed by atoms with Gasteiger partial charge in [-0.15, -0.1) is 0 Å². The Hall–Kier alpha value is -2.69. The highest BCUT2D eigenvalue weighted by Gasteiger charge is 2.04. The van der Waals surface area contributed by atoms with Crippen LogP contribution in [0.3, 0.4) is 0 Å². The van der Waals surface area contributed by atoms with Crippen LogP contribution < -0.4 is 20.1 Å². The van der Waals surface area contributed by atoms with E-state index in [0.29, 0.717) is 24.6 Å². The SMILES string of the molecule is COc1cc(CNC(=O)NCc2ccc(C)cc2)cc(OC)c1. The van der Waals surface area contributed by atoms with Crippen LogP contribution in [0.2, 0.25) is 0 Å². The maximum absolute atomic E-state index is 11.9. The third-order valence-electron chi connectivity index (χ3n) is 3.44. The Morgan fingerprint density at radius 1 is 0.870 bits per heavy atom. The molecule has 0 fully saturated rings. The van der Waals surface area contributed by atoms with E-state index in [-0.39, 0.29) is 6.03 Å². The van der Waals surface area contributed by atoms with Crippen LogP contribution in [0.1, 0.15) is 16.7 Å².